The van der Waals surface area contributed by atoms with Crippen LogP contribution in [0.25, 0.3) is 0 Å². The van der Waals surface area contributed by atoms with Crippen LogP contribution in [0.2, 0.25) is 0 Å². The molecule has 0 amide bonds. The normalized spacial score (nSPS) is 19.6. The Morgan fingerprint density at radius 3 is 2.25 bits per heavy atom. The van der Waals surface area contributed by atoms with Gasteiger partial charge in [0, 0.05) is 24.0 Å². The van der Waals surface area contributed by atoms with Gasteiger partial charge < -0.3 is 4.90 Å². The van der Waals surface area contributed by atoms with Crippen LogP contribution in [0.1, 0.15) is 50.2 Å². The minimum Gasteiger partial charge on any atom is -0.341 e. The van der Waals surface area contributed by atoms with E-state index in [9.17, 15) is 4.79 Å². The van der Waals surface area contributed by atoms with Gasteiger partial charge in [0.25, 0.3) is 0 Å². The number of Topliss-reactive ketones (excluding diaryl/α,β-unsaturated/α-hetero) is 1. The molecule has 3 nitrogen and oxygen atoms in total. The van der Waals surface area contributed by atoms with E-state index in [0.29, 0.717) is 18.4 Å². The predicted molar refractivity (Wildman–Crippen MR) is 116 cm³/mol. The average Bonchev–Trinajstić information content (AvgIpc) is 2.86. The molecule has 0 spiro atoms. The van der Waals surface area contributed by atoms with E-state index in [4.69, 9.17) is 0 Å². The first-order valence-corrected chi connectivity index (χ1v) is 10.9. The van der Waals surface area contributed by atoms with E-state index >= 15 is 0 Å². The lowest BCUT2D eigenvalue weighted by Crippen LogP contribution is -2.42. The van der Waals surface area contributed by atoms with E-state index in [2.05, 4.69) is 58.3 Å². The van der Waals surface area contributed by atoms with Crippen LogP contribution in [0.4, 0.5) is 11.4 Å². The van der Waals surface area contributed by atoms with Crippen molar-refractivity contribution in [2.45, 2.75) is 57.9 Å². The van der Waals surface area contributed by atoms with Crippen molar-refractivity contribution in [3.63, 3.8) is 0 Å². The summed E-state index contributed by atoms with van der Waals surface area (Å²) in [5, 5.41) is 0. The summed E-state index contributed by atoms with van der Waals surface area (Å²) in [6.45, 7) is 4.47. The van der Waals surface area contributed by atoms with Crippen molar-refractivity contribution in [2.75, 3.05) is 24.5 Å². The molecule has 0 radical (unpaired) electrons. The van der Waals surface area contributed by atoms with Gasteiger partial charge in [0.05, 0.1) is 6.54 Å². The molecule has 1 atom stereocenters. The number of likely N-dealkylation sites (tertiary alicyclic amines) is 1. The number of ketones is 1. The summed E-state index contributed by atoms with van der Waals surface area (Å²) in [6.07, 6.45) is 8.32. The summed E-state index contributed by atoms with van der Waals surface area (Å²) in [4.78, 5) is 16.6. The number of fused-ring (bicyclic) bond motifs is 2. The van der Waals surface area contributed by atoms with Crippen LogP contribution in [0.5, 0.6) is 0 Å². The van der Waals surface area contributed by atoms with Gasteiger partial charge in [0.2, 0.25) is 0 Å². The van der Waals surface area contributed by atoms with E-state index < -0.39 is 0 Å². The predicted octanol–water partition coefficient (Wildman–Crippen LogP) is 5.15. The zero-order chi connectivity index (χ0) is 19.3. The van der Waals surface area contributed by atoms with Gasteiger partial charge in [-0.3, -0.25) is 9.69 Å². The van der Waals surface area contributed by atoms with Crippen LogP contribution in [0, 0.1) is 0 Å². The highest BCUT2D eigenvalue weighted by atomic mass is 16.1. The quantitative estimate of drug-likeness (QED) is 0.697. The molecule has 1 fully saturated rings. The molecule has 2 heterocycles. The fourth-order valence-corrected chi connectivity index (χ4v) is 4.98. The summed E-state index contributed by atoms with van der Waals surface area (Å²) in [6, 6.07) is 18.3. The lowest BCUT2D eigenvalue weighted by Gasteiger charge is -2.36. The fraction of sp³-hybridized carbons (Fsp3) is 0.480. The Balaban J connectivity index is 1.49. The van der Waals surface area contributed by atoms with Crippen LogP contribution >= 0.6 is 0 Å². The van der Waals surface area contributed by atoms with Crippen LogP contribution in [-0.2, 0) is 17.6 Å². The SMILES string of the molecule is CC(=O)CN1CCCCC1CCCN1c2ccccc2CCc2ccccc21. The highest BCUT2D eigenvalue weighted by molar-refractivity contribution is 5.77. The second-order valence-corrected chi connectivity index (χ2v) is 8.37. The molecule has 2 aliphatic rings. The van der Waals surface area contributed by atoms with Gasteiger partial charge in [-0.25, -0.2) is 0 Å². The Hall–Kier alpha value is -2.13. The monoisotopic (exact) mass is 376 g/mol. The van der Waals surface area contributed by atoms with Gasteiger partial charge in [0.15, 0.2) is 0 Å². The van der Waals surface area contributed by atoms with Gasteiger partial charge in [-0.05, 0) is 75.3 Å². The van der Waals surface area contributed by atoms with Gasteiger partial charge in [-0.2, -0.15) is 0 Å². The number of hydrogen-bond acceptors (Lipinski definition) is 3. The van der Waals surface area contributed by atoms with Crippen LogP contribution in [0.3, 0.4) is 0 Å². The molecule has 4 rings (SSSR count). The summed E-state index contributed by atoms with van der Waals surface area (Å²) in [5.41, 5.74) is 5.65. The van der Waals surface area contributed by atoms with E-state index in [-0.39, 0.29) is 0 Å². The molecular formula is C25H32N2O. The van der Waals surface area contributed by atoms with Gasteiger partial charge in [-0.1, -0.05) is 42.8 Å². The number of carbonyl (C=O) groups is 1. The molecule has 1 saturated heterocycles. The van der Waals surface area contributed by atoms with Gasteiger partial charge >= 0.3 is 0 Å². The third kappa shape index (κ3) is 4.30. The standard InChI is InChI=1S/C25H32N2O/c1-20(28)19-26-17-7-6-11-23(26)12-8-18-27-24-13-4-2-9-21(24)15-16-22-10-3-5-14-25(22)27/h2-5,9-10,13-14,23H,6-8,11-12,15-19H2,1H3. The Bertz CT molecular complexity index is 768. The summed E-state index contributed by atoms with van der Waals surface area (Å²) < 4.78 is 0. The van der Waals surface area contributed by atoms with Crippen LogP contribution in [0.15, 0.2) is 48.5 Å². The molecule has 1 unspecified atom stereocenters. The molecule has 0 aliphatic carbocycles. The molecule has 0 aromatic heterocycles. The highest BCUT2D eigenvalue weighted by Gasteiger charge is 2.24. The maximum atomic E-state index is 11.6. The third-order valence-corrected chi connectivity index (χ3v) is 6.32. The van der Waals surface area contributed by atoms with E-state index in [1.54, 1.807) is 6.92 Å². The first-order valence-electron chi connectivity index (χ1n) is 10.9. The Morgan fingerprint density at radius 2 is 1.61 bits per heavy atom. The first-order chi connectivity index (χ1) is 13.7. The largest absolute Gasteiger partial charge is 0.341 e. The van der Waals surface area contributed by atoms with Crippen LogP contribution in [-0.4, -0.2) is 36.4 Å². The number of para-hydroxylation sites is 2. The van der Waals surface area contributed by atoms with Crippen molar-refractivity contribution >= 4 is 17.2 Å². The number of rotatable bonds is 6. The van der Waals surface area contributed by atoms with E-state index in [1.807, 2.05) is 0 Å². The second-order valence-electron chi connectivity index (χ2n) is 8.37. The lowest BCUT2D eigenvalue weighted by molar-refractivity contribution is -0.119. The van der Waals surface area contributed by atoms with Crippen molar-refractivity contribution in [2.24, 2.45) is 0 Å². The molecular weight excluding hydrogens is 344 g/mol. The molecule has 28 heavy (non-hydrogen) atoms. The number of anilines is 2. The smallest absolute Gasteiger partial charge is 0.143 e. The minimum absolute atomic E-state index is 0.294. The number of piperidine rings is 1. The first kappa shape index (κ1) is 19.2. The van der Waals surface area contributed by atoms with Crippen molar-refractivity contribution in [1.82, 2.24) is 4.90 Å². The Kier molecular flexibility index (Phi) is 6.11. The second kappa shape index (κ2) is 8.91. The molecule has 0 bridgehead atoms. The van der Waals surface area contributed by atoms with Crippen molar-refractivity contribution in [1.29, 1.82) is 0 Å². The number of benzene rings is 2. The highest BCUT2D eigenvalue weighted by Crippen LogP contribution is 2.36. The molecule has 3 heteroatoms. The summed E-state index contributed by atoms with van der Waals surface area (Å²) in [5.74, 6) is 0.294. The zero-order valence-electron chi connectivity index (χ0n) is 17.1. The maximum Gasteiger partial charge on any atom is 0.143 e. The molecule has 2 aromatic rings. The summed E-state index contributed by atoms with van der Waals surface area (Å²) in [7, 11) is 0. The summed E-state index contributed by atoms with van der Waals surface area (Å²) >= 11 is 0. The van der Waals surface area contributed by atoms with Crippen molar-refractivity contribution in [3.05, 3.63) is 59.7 Å². The molecule has 148 valence electrons. The Morgan fingerprint density at radius 1 is 0.964 bits per heavy atom. The molecule has 0 saturated carbocycles. The van der Waals surface area contributed by atoms with E-state index in [0.717, 1.165) is 32.4 Å². The average molecular weight is 377 g/mol. The van der Waals surface area contributed by atoms with Crippen molar-refractivity contribution in [3.8, 4) is 0 Å². The lowest BCUT2D eigenvalue weighted by atomic mass is 9.97. The zero-order valence-corrected chi connectivity index (χ0v) is 17.1. The molecule has 0 N–H and O–H groups in total. The fourth-order valence-electron chi connectivity index (χ4n) is 4.98. The minimum atomic E-state index is 0.294. The number of carbonyl (C=O) groups excluding carboxylic acids is 1. The molecule has 2 aromatic carbocycles. The van der Waals surface area contributed by atoms with Crippen LogP contribution < -0.4 is 4.90 Å². The molecule has 2 aliphatic heterocycles. The van der Waals surface area contributed by atoms with Gasteiger partial charge in [-0.15, -0.1) is 0 Å². The van der Waals surface area contributed by atoms with Gasteiger partial charge in [0.1, 0.15) is 5.78 Å². The number of hydrogen-bond donors (Lipinski definition) is 0. The Labute approximate surface area is 169 Å². The number of aryl methyl sites for hydroxylation is 2. The number of nitrogens with zero attached hydrogens (tertiary/aromatic N) is 2. The van der Waals surface area contributed by atoms with Crippen molar-refractivity contribution < 1.29 is 4.79 Å². The van der Waals surface area contributed by atoms with E-state index in [1.165, 1.54) is 48.2 Å². The third-order valence-electron chi connectivity index (χ3n) is 6.32. The topological polar surface area (TPSA) is 23.6 Å². The maximum absolute atomic E-state index is 11.6.